The minimum atomic E-state index is -0.839. The van der Waals surface area contributed by atoms with Gasteiger partial charge in [-0.3, -0.25) is 4.79 Å². The number of piperidine rings is 1. The van der Waals surface area contributed by atoms with E-state index >= 15 is 0 Å². The van der Waals surface area contributed by atoms with Crippen molar-refractivity contribution >= 4 is 18.3 Å². The number of halogens is 3. The summed E-state index contributed by atoms with van der Waals surface area (Å²) >= 11 is 0. The minimum absolute atomic E-state index is 0. The van der Waals surface area contributed by atoms with Crippen LogP contribution in [0.25, 0.3) is 0 Å². The molecule has 1 amide bonds. The smallest absolute Gasteiger partial charge is 0.226 e. The van der Waals surface area contributed by atoms with Crippen LogP contribution in [-0.2, 0) is 4.79 Å². The average molecular weight is 331 g/mol. The molecule has 0 aromatic heterocycles. The Bertz CT molecular complexity index is 549. The van der Waals surface area contributed by atoms with Crippen molar-refractivity contribution in [2.75, 3.05) is 20.1 Å². The van der Waals surface area contributed by atoms with Gasteiger partial charge in [-0.15, -0.1) is 12.4 Å². The Balaban J connectivity index is 0.00000176. The quantitative estimate of drug-likeness (QED) is 0.924. The first-order valence-corrected chi connectivity index (χ1v) is 7.50. The van der Waals surface area contributed by atoms with E-state index in [1.807, 2.05) is 11.9 Å². The van der Waals surface area contributed by atoms with Gasteiger partial charge in [-0.25, -0.2) is 8.78 Å². The lowest BCUT2D eigenvalue weighted by molar-refractivity contribution is -0.133. The number of nitrogens with one attached hydrogen (secondary N) is 1. The molecule has 1 aliphatic heterocycles. The van der Waals surface area contributed by atoms with Gasteiger partial charge in [0.1, 0.15) is 0 Å². The molecule has 1 saturated carbocycles. The van der Waals surface area contributed by atoms with E-state index in [1.54, 1.807) is 6.07 Å². The molecule has 0 spiro atoms. The number of hydrogen-bond acceptors (Lipinski definition) is 2. The molecule has 6 heteroatoms. The lowest BCUT2D eigenvalue weighted by Gasteiger charge is -2.32. The number of carbonyl (C=O) groups is 1. The van der Waals surface area contributed by atoms with Crippen LogP contribution < -0.4 is 5.32 Å². The van der Waals surface area contributed by atoms with Crippen molar-refractivity contribution in [3.8, 4) is 0 Å². The first kappa shape index (κ1) is 17.2. The molecule has 1 aromatic carbocycles. The first-order chi connectivity index (χ1) is 10.1. The number of nitrogens with zero attached hydrogens (tertiary/aromatic N) is 1. The molecule has 1 N–H and O–H groups in total. The highest BCUT2D eigenvalue weighted by Gasteiger charge is 2.46. The summed E-state index contributed by atoms with van der Waals surface area (Å²) in [4.78, 5) is 14.3. The second-order valence-corrected chi connectivity index (χ2v) is 6.05. The zero-order valence-electron chi connectivity index (χ0n) is 12.5. The van der Waals surface area contributed by atoms with Crippen LogP contribution in [0.2, 0.25) is 0 Å². The molecule has 2 unspecified atom stereocenters. The normalized spacial score (nSPS) is 24.5. The summed E-state index contributed by atoms with van der Waals surface area (Å²) in [5.74, 6) is -1.57. The van der Waals surface area contributed by atoms with Crippen LogP contribution >= 0.6 is 12.4 Å². The third kappa shape index (κ3) is 3.41. The Labute approximate surface area is 135 Å². The SMILES string of the molecule is CN(C(=O)C1CC1c1ccc(F)c(F)c1)C1CCNCC1.Cl. The number of rotatable bonds is 3. The molecule has 2 fully saturated rings. The number of benzene rings is 1. The third-order valence-corrected chi connectivity index (χ3v) is 4.68. The van der Waals surface area contributed by atoms with Gasteiger partial charge in [0.2, 0.25) is 5.91 Å². The van der Waals surface area contributed by atoms with Gasteiger partial charge in [-0.2, -0.15) is 0 Å². The second-order valence-electron chi connectivity index (χ2n) is 6.05. The summed E-state index contributed by atoms with van der Waals surface area (Å²) < 4.78 is 26.2. The van der Waals surface area contributed by atoms with Crippen LogP contribution in [0.1, 0.15) is 30.7 Å². The van der Waals surface area contributed by atoms with Gasteiger partial charge in [-0.05, 0) is 56.0 Å². The van der Waals surface area contributed by atoms with Crippen LogP contribution in [0.15, 0.2) is 18.2 Å². The van der Waals surface area contributed by atoms with E-state index in [4.69, 9.17) is 0 Å². The Morgan fingerprint density at radius 1 is 1.23 bits per heavy atom. The van der Waals surface area contributed by atoms with Crippen molar-refractivity contribution in [3.05, 3.63) is 35.4 Å². The van der Waals surface area contributed by atoms with Crippen molar-refractivity contribution in [1.29, 1.82) is 0 Å². The molecule has 0 radical (unpaired) electrons. The molecule has 122 valence electrons. The maximum absolute atomic E-state index is 13.3. The lowest BCUT2D eigenvalue weighted by atomic mass is 10.0. The summed E-state index contributed by atoms with van der Waals surface area (Å²) in [7, 11) is 1.86. The van der Waals surface area contributed by atoms with Gasteiger partial charge in [0.25, 0.3) is 0 Å². The molecule has 1 aromatic rings. The molecule has 2 aliphatic rings. The van der Waals surface area contributed by atoms with Crippen LogP contribution in [0.3, 0.4) is 0 Å². The zero-order chi connectivity index (χ0) is 15.0. The molecule has 1 heterocycles. The largest absolute Gasteiger partial charge is 0.342 e. The molecular weight excluding hydrogens is 310 g/mol. The first-order valence-electron chi connectivity index (χ1n) is 7.50. The molecule has 1 saturated heterocycles. The van der Waals surface area contributed by atoms with E-state index in [1.165, 1.54) is 6.07 Å². The fraction of sp³-hybridized carbons (Fsp3) is 0.562. The monoisotopic (exact) mass is 330 g/mol. The van der Waals surface area contributed by atoms with Gasteiger partial charge in [0, 0.05) is 19.0 Å². The maximum atomic E-state index is 13.3. The number of carbonyl (C=O) groups excluding carboxylic acids is 1. The van der Waals surface area contributed by atoms with Crippen LogP contribution in [0, 0.1) is 17.6 Å². The highest BCUT2D eigenvalue weighted by atomic mass is 35.5. The number of amides is 1. The predicted octanol–water partition coefficient (Wildman–Crippen LogP) is 2.70. The van der Waals surface area contributed by atoms with E-state index in [0.29, 0.717) is 6.04 Å². The molecule has 22 heavy (non-hydrogen) atoms. The van der Waals surface area contributed by atoms with Gasteiger partial charge in [0.15, 0.2) is 11.6 Å². The summed E-state index contributed by atoms with van der Waals surface area (Å²) in [5.41, 5.74) is 0.728. The van der Waals surface area contributed by atoms with E-state index in [9.17, 15) is 13.6 Å². The van der Waals surface area contributed by atoms with Crippen molar-refractivity contribution in [2.45, 2.75) is 31.2 Å². The van der Waals surface area contributed by atoms with Crippen molar-refractivity contribution in [3.63, 3.8) is 0 Å². The molecule has 3 rings (SSSR count). The lowest BCUT2D eigenvalue weighted by Crippen LogP contribution is -2.44. The van der Waals surface area contributed by atoms with E-state index in [-0.39, 0.29) is 30.2 Å². The van der Waals surface area contributed by atoms with Gasteiger partial charge in [0.05, 0.1) is 0 Å². The Hall–Kier alpha value is -1.20. The predicted molar refractivity (Wildman–Crippen MR) is 83.1 cm³/mol. The molecular formula is C16H21ClF2N2O. The van der Waals surface area contributed by atoms with Crippen LogP contribution in [0.5, 0.6) is 0 Å². The van der Waals surface area contributed by atoms with Crippen LogP contribution in [0.4, 0.5) is 8.78 Å². The molecule has 0 bridgehead atoms. The zero-order valence-corrected chi connectivity index (χ0v) is 13.3. The molecule has 2 atom stereocenters. The van der Waals surface area contributed by atoms with Crippen molar-refractivity contribution in [2.24, 2.45) is 5.92 Å². The van der Waals surface area contributed by atoms with Gasteiger partial charge >= 0.3 is 0 Å². The minimum Gasteiger partial charge on any atom is -0.342 e. The fourth-order valence-corrected chi connectivity index (χ4v) is 3.21. The van der Waals surface area contributed by atoms with E-state index < -0.39 is 11.6 Å². The average Bonchev–Trinajstić information content (AvgIpc) is 3.30. The molecule has 3 nitrogen and oxygen atoms in total. The standard InChI is InChI=1S/C16H20F2N2O.ClH/c1-20(11-4-6-19-7-5-11)16(21)13-9-12(13)10-2-3-14(17)15(18)8-10;/h2-3,8,11-13,19H,4-7,9H2,1H3;1H. The van der Waals surface area contributed by atoms with E-state index in [2.05, 4.69) is 5.32 Å². The second kappa shape index (κ2) is 6.92. The molecule has 1 aliphatic carbocycles. The summed E-state index contributed by atoms with van der Waals surface area (Å²) in [6.45, 7) is 1.89. The van der Waals surface area contributed by atoms with Crippen LogP contribution in [-0.4, -0.2) is 37.0 Å². The Kier molecular flexibility index (Phi) is 5.40. The third-order valence-electron chi connectivity index (χ3n) is 4.68. The van der Waals surface area contributed by atoms with Gasteiger partial charge < -0.3 is 10.2 Å². The Morgan fingerprint density at radius 2 is 1.91 bits per heavy atom. The maximum Gasteiger partial charge on any atom is 0.226 e. The van der Waals surface area contributed by atoms with Crippen molar-refractivity contribution in [1.82, 2.24) is 10.2 Å². The summed E-state index contributed by atoms with van der Waals surface area (Å²) in [6.07, 6.45) is 2.69. The fourth-order valence-electron chi connectivity index (χ4n) is 3.21. The van der Waals surface area contributed by atoms with Gasteiger partial charge in [-0.1, -0.05) is 6.07 Å². The number of hydrogen-bond donors (Lipinski definition) is 1. The summed E-state index contributed by atoms with van der Waals surface area (Å²) in [5, 5.41) is 3.28. The van der Waals surface area contributed by atoms with Crippen molar-refractivity contribution < 1.29 is 13.6 Å². The Morgan fingerprint density at radius 3 is 2.55 bits per heavy atom. The highest BCUT2D eigenvalue weighted by molar-refractivity contribution is 5.85. The van der Waals surface area contributed by atoms with E-state index in [0.717, 1.165) is 44.0 Å². The topological polar surface area (TPSA) is 32.3 Å². The highest BCUT2D eigenvalue weighted by Crippen LogP contribution is 2.48. The summed E-state index contributed by atoms with van der Waals surface area (Å²) in [6, 6.07) is 4.24.